The van der Waals surface area contributed by atoms with Crippen LogP contribution < -0.4 is 5.30 Å². The van der Waals surface area contributed by atoms with E-state index in [9.17, 15) is 4.57 Å². The second-order valence-electron chi connectivity index (χ2n) is 6.17. The molecule has 0 aliphatic carbocycles. The molecule has 0 N–H and O–H groups in total. The zero-order valence-electron chi connectivity index (χ0n) is 14.1. The highest BCUT2D eigenvalue weighted by Crippen LogP contribution is 2.63. The second-order valence-corrected chi connectivity index (χ2v) is 9.58. The maximum absolute atomic E-state index is 13.4. The highest BCUT2D eigenvalue weighted by molar-refractivity contribution is 7.68. The minimum atomic E-state index is -2.99. The molecule has 0 radical (unpaired) electrons. The highest BCUT2D eigenvalue weighted by atomic mass is 35.5. The van der Waals surface area contributed by atoms with E-state index in [1.54, 1.807) is 12.1 Å². The molecule has 0 saturated carbocycles. The van der Waals surface area contributed by atoms with E-state index in [0.717, 1.165) is 0 Å². The molecule has 1 heterocycles. The second kappa shape index (κ2) is 6.42. The monoisotopic (exact) mass is 331 g/mol. The normalized spacial score (nSPS) is 27.6. The van der Waals surface area contributed by atoms with Crippen molar-refractivity contribution < 1.29 is 9.09 Å². The lowest BCUT2D eigenvalue weighted by Gasteiger charge is -2.53. The molecule has 1 saturated heterocycles. The Hall–Kier alpha value is -0.340. The van der Waals surface area contributed by atoms with Crippen molar-refractivity contribution in [1.82, 2.24) is 4.90 Å². The number of nitrogens with zero attached hydrogens (tertiary/aromatic N) is 1. The predicted octanol–water partition coefficient (Wildman–Crippen LogP) is 4.75. The van der Waals surface area contributed by atoms with E-state index in [1.807, 2.05) is 46.9 Å². The Bertz CT molecular complexity index is 543. The standard InChI is InChI=1S/C14H21ClNO2P.C2H6/c1-13(2)10-18-19(17,14(3,4)16(13)5)12-8-6-7-11(15)9-12;1-2/h6-9H,10H2,1-5H3;1-2H3. The van der Waals surface area contributed by atoms with E-state index in [1.165, 1.54) is 0 Å². The van der Waals surface area contributed by atoms with Gasteiger partial charge >= 0.3 is 0 Å². The summed E-state index contributed by atoms with van der Waals surface area (Å²) in [4.78, 5) is 2.14. The average molecular weight is 332 g/mol. The largest absolute Gasteiger partial charge is 0.322 e. The molecule has 3 nitrogen and oxygen atoms in total. The summed E-state index contributed by atoms with van der Waals surface area (Å²) >= 11 is 6.02. The van der Waals surface area contributed by atoms with Gasteiger partial charge in [0.25, 0.3) is 7.37 Å². The molecule has 0 spiro atoms. The van der Waals surface area contributed by atoms with Gasteiger partial charge in [0.2, 0.25) is 0 Å². The molecule has 2 rings (SSSR count). The molecular formula is C16H27ClNO2P. The first-order chi connectivity index (χ1) is 9.61. The molecule has 1 unspecified atom stereocenters. The third kappa shape index (κ3) is 3.22. The Morgan fingerprint density at radius 3 is 2.33 bits per heavy atom. The van der Waals surface area contributed by atoms with Crippen LogP contribution in [-0.4, -0.2) is 29.4 Å². The van der Waals surface area contributed by atoms with Crippen LogP contribution in [0.15, 0.2) is 24.3 Å². The van der Waals surface area contributed by atoms with Crippen LogP contribution in [0.4, 0.5) is 0 Å². The van der Waals surface area contributed by atoms with Crippen LogP contribution in [0.5, 0.6) is 0 Å². The van der Waals surface area contributed by atoms with Crippen LogP contribution in [0, 0.1) is 0 Å². The smallest absolute Gasteiger partial charge is 0.251 e. The van der Waals surface area contributed by atoms with E-state index >= 15 is 0 Å². The number of likely N-dealkylation sites (N-methyl/N-ethyl adjacent to an activating group) is 1. The van der Waals surface area contributed by atoms with Crippen LogP contribution in [0.25, 0.3) is 0 Å². The van der Waals surface area contributed by atoms with Crippen molar-refractivity contribution in [3.63, 3.8) is 0 Å². The molecule has 1 fully saturated rings. The first-order valence-electron chi connectivity index (χ1n) is 7.36. The molecule has 1 aliphatic heterocycles. The lowest BCUT2D eigenvalue weighted by atomic mass is 10.0. The van der Waals surface area contributed by atoms with E-state index < -0.39 is 12.6 Å². The zero-order chi connectivity index (χ0) is 16.5. The van der Waals surface area contributed by atoms with Gasteiger partial charge in [-0.25, -0.2) is 0 Å². The number of rotatable bonds is 1. The Labute approximate surface area is 134 Å². The average Bonchev–Trinajstić information content (AvgIpc) is 2.44. The van der Waals surface area contributed by atoms with E-state index in [4.69, 9.17) is 16.1 Å². The number of benzene rings is 1. The zero-order valence-corrected chi connectivity index (χ0v) is 15.8. The third-order valence-electron chi connectivity index (χ3n) is 4.20. The van der Waals surface area contributed by atoms with Crippen molar-refractivity contribution in [3.05, 3.63) is 29.3 Å². The molecule has 1 aromatic carbocycles. The van der Waals surface area contributed by atoms with Gasteiger partial charge in [0.05, 0.1) is 11.9 Å². The van der Waals surface area contributed by atoms with Crippen LogP contribution in [0.2, 0.25) is 5.02 Å². The third-order valence-corrected chi connectivity index (χ3v) is 7.62. The lowest BCUT2D eigenvalue weighted by molar-refractivity contribution is 0.0109. The van der Waals surface area contributed by atoms with Crippen LogP contribution in [-0.2, 0) is 9.09 Å². The summed E-state index contributed by atoms with van der Waals surface area (Å²) in [6, 6.07) is 7.18. The quantitative estimate of drug-likeness (QED) is 0.696. The van der Waals surface area contributed by atoms with Crippen LogP contribution in [0.1, 0.15) is 41.5 Å². The van der Waals surface area contributed by atoms with Gasteiger partial charge in [-0.15, -0.1) is 0 Å². The topological polar surface area (TPSA) is 29.5 Å². The Balaban J connectivity index is 0.00000106. The number of hydrogen-bond acceptors (Lipinski definition) is 3. The van der Waals surface area contributed by atoms with Crippen molar-refractivity contribution in [3.8, 4) is 0 Å². The molecule has 21 heavy (non-hydrogen) atoms. The van der Waals surface area contributed by atoms with Gasteiger partial charge in [-0.1, -0.05) is 31.5 Å². The van der Waals surface area contributed by atoms with Gasteiger partial charge in [0.15, 0.2) is 0 Å². The van der Waals surface area contributed by atoms with Gasteiger partial charge in [-0.3, -0.25) is 9.46 Å². The fourth-order valence-corrected chi connectivity index (χ4v) is 5.61. The van der Waals surface area contributed by atoms with Gasteiger partial charge in [-0.2, -0.15) is 0 Å². The molecule has 1 atom stereocenters. The summed E-state index contributed by atoms with van der Waals surface area (Å²) in [5, 5.41) is 0.700. The predicted molar refractivity (Wildman–Crippen MR) is 91.9 cm³/mol. The molecular weight excluding hydrogens is 305 g/mol. The first kappa shape index (κ1) is 18.7. The fourth-order valence-electron chi connectivity index (χ4n) is 2.49. The Kier molecular flexibility index (Phi) is 5.72. The Morgan fingerprint density at radius 2 is 1.81 bits per heavy atom. The summed E-state index contributed by atoms with van der Waals surface area (Å²) in [6.45, 7) is 12.6. The first-order valence-corrected chi connectivity index (χ1v) is 9.36. The molecule has 1 aliphatic rings. The van der Waals surface area contributed by atoms with Gasteiger partial charge < -0.3 is 4.52 Å². The molecule has 5 heteroatoms. The van der Waals surface area contributed by atoms with Crippen molar-refractivity contribution in [2.24, 2.45) is 0 Å². The molecule has 120 valence electrons. The van der Waals surface area contributed by atoms with Crippen molar-refractivity contribution in [2.45, 2.75) is 52.4 Å². The maximum Gasteiger partial charge on any atom is 0.251 e. The summed E-state index contributed by atoms with van der Waals surface area (Å²) in [5.41, 5.74) is -0.143. The molecule has 0 bridgehead atoms. The van der Waals surface area contributed by atoms with E-state index in [-0.39, 0.29) is 5.54 Å². The minimum Gasteiger partial charge on any atom is -0.322 e. The summed E-state index contributed by atoms with van der Waals surface area (Å²) in [5.74, 6) is 0. The maximum atomic E-state index is 13.4. The molecule has 0 aromatic heterocycles. The minimum absolute atomic E-state index is 0.143. The molecule has 0 amide bonds. The van der Waals surface area contributed by atoms with Crippen LogP contribution in [0.3, 0.4) is 0 Å². The highest BCUT2D eigenvalue weighted by Gasteiger charge is 2.54. The molecule has 1 aromatic rings. The van der Waals surface area contributed by atoms with Gasteiger partial charge in [0, 0.05) is 15.9 Å². The summed E-state index contributed by atoms with van der Waals surface area (Å²) in [6.07, 6.45) is 0. The fraction of sp³-hybridized carbons (Fsp3) is 0.625. The lowest BCUT2D eigenvalue weighted by Crippen LogP contribution is -2.60. The summed E-state index contributed by atoms with van der Waals surface area (Å²) < 4.78 is 19.3. The van der Waals surface area contributed by atoms with Gasteiger partial charge in [-0.05, 0) is 52.9 Å². The van der Waals surface area contributed by atoms with Crippen molar-refractivity contribution >= 4 is 24.3 Å². The van der Waals surface area contributed by atoms with E-state index in [0.29, 0.717) is 16.9 Å². The van der Waals surface area contributed by atoms with E-state index in [2.05, 4.69) is 18.7 Å². The number of halogens is 1. The van der Waals surface area contributed by atoms with Crippen LogP contribution >= 0.6 is 19.0 Å². The number of hydrogen-bond donors (Lipinski definition) is 0. The SMILES string of the molecule is CC.CN1C(C)(C)COP(=O)(c2cccc(Cl)c2)C1(C)C. The van der Waals surface area contributed by atoms with Crippen molar-refractivity contribution in [1.29, 1.82) is 0 Å². The van der Waals surface area contributed by atoms with Gasteiger partial charge in [0.1, 0.15) is 0 Å². The summed E-state index contributed by atoms with van der Waals surface area (Å²) in [7, 11) is -0.991. The van der Waals surface area contributed by atoms with Crippen molar-refractivity contribution in [2.75, 3.05) is 13.7 Å². The Morgan fingerprint density at radius 1 is 1.24 bits per heavy atom.